The quantitative estimate of drug-likeness (QED) is 0.564. The van der Waals surface area contributed by atoms with Gasteiger partial charge in [-0.05, 0) is 12.1 Å². The Labute approximate surface area is 69.8 Å². The minimum absolute atomic E-state index is 0.212. The van der Waals surface area contributed by atoms with Crippen molar-refractivity contribution in [2.45, 2.75) is 6.04 Å². The molecule has 0 amide bonds. The first-order chi connectivity index (χ1) is 5.70. The fourth-order valence-electron chi connectivity index (χ4n) is 0.731. The zero-order valence-electron chi connectivity index (χ0n) is 6.47. The lowest BCUT2D eigenvalue weighted by Gasteiger charge is -2.09. The number of carboxylic acid groups (broad SMARTS) is 1. The van der Waals surface area contributed by atoms with Gasteiger partial charge in [-0.2, -0.15) is 0 Å². The third kappa shape index (κ3) is 2.28. The lowest BCUT2D eigenvalue weighted by molar-refractivity contribution is -0.138. The van der Waals surface area contributed by atoms with E-state index in [1.54, 1.807) is 17.1 Å². The van der Waals surface area contributed by atoms with Crippen LogP contribution in [0.2, 0.25) is 0 Å². The van der Waals surface area contributed by atoms with Gasteiger partial charge < -0.3 is 16.3 Å². The number of nitrogens with two attached hydrogens (primary N) is 1. The lowest BCUT2D eigenvalue weighted by atomic mass is 10.3. The van der Waals surface area contributed by atoms with Gasteiger partial charge in [0, 0.05) is 12.4 Å². The number of rotatable bonds is 4. The molecule has 1 atom stereocenters. The molecule has 0 aromatic carbocycles. The fourth-order valence-corrected chi connectivity index (χ4v) is 0.731. The van der Waals surface area contributed by atoms with Gasteiger partial charge in [0.25, 0.3) is 0 Å². The molecule has 1 unspecified atom stereocenters. The summed E-state index contributed by atoms with van der Waals surface area (Å²) in [6, 6.07) is 2.80. The van der Waals surface area contributed by atoms with Gasteiger partial charge in [0.05, 0.1) is 6.54 Å². The van der Waals surface area contributed by atoms with Gasteiger partial charge in [-0.3, -0.25) is 9.47 Å². The SMILES string of the molecule is NC(CNn1cccc1)C(=O)O. The average Bonchev–Trinajstić information content (AvgIpc) is 2.51. The second kappa shape index (κ2) is 3.77. The number of hydrogen-bond donors (Lipinski definition) is 3. The first-order valence-corrected chi connectivity index (χ1v) is 3.55. The van der Waals surface area contributed by atoms with Gasteiger partial charge in [-0.1, -0.05) is 0 Å². The average molecular weight is 169 g/mol. The standard InChI is InChI=1S/C7H11N3O2/c8-6(7(11)12)5-9-10-3-1-2-4-10/h1-4,6,9H,5,8H2,(H,11,12). The van der Waals surface area contributed by atoms with Crippen LogP contribution in [0.1, 0.15) is 0 Å². The van der Waals surface area contributed by atoms with E-state index in [2.05, 4.69) is 5.43 Å². The molecule has 1 aromatic rings. The van der Waals surface area contributed by atoms with Crippen molar-refractivity contribution in [1.82, 2.24) is 4.68 Å². The van der Waals surface area contributed by atoms with E-state index >= 15 is 0 Å². The van der Waals surface area contributed by atoms with E-state index in [1.807, 2.05) is 12.1 Å². The van der Waals surface area contributed by atoms with Gasteiger partial charge in [-0.25, -0.2) is 0 Å². The molecule has 4 N–H and O–H groups in total. The largest absolute Gasteiger partial charge is 0.480 e. The summed E-state index contributed by atoms with van der Waals surface area (Å²) in [5.41, 5.74) is 8.07. The van der Waals surface area contributed by atoms with Crippen LogP contribution in [-0.4, -0.2) is 28.3 Å². The summed E-state index contributed by atoms with van der Waals surface area (Å²) < 4.78 is 1.66. The van der Waals surface area contributed by atoms with Crippen molar-refractivity contribution in [1.29, 1.82) is 0 Å². The molecule has 1 rings (SSSR count). The smallest absolute Gasteiger partial charge is 0.322 e. The van der Waals surface area contributed by atoms with Crippen LogP contribution in [0, 0.1) is 0 Å². The molecule has 0 aliphatic carbocycles. The van der Waals surface area contributed by atoms with Crippen molar-refractivity contribution in [3.8, 4) is 0 Å². The maximum Gasteiger partial charge on any atom is 0.322 e. The Morgan fingerprint density at radius 3 is 2.67 bits per heavy atom. The Hall–Kier alpha value is -1.49. The van der Waals surface area contributed by atoms with Crippen molar-refractivity contribution in [3.63, 3.8) is 0 Å². The molecular formula is C7H11N3O2. The van der Waals surface area contributed by atoms with Crippen molar-refractivity contribution >= 4 is 5.97 Å². The molecule has 0 saturated carbocycles. The summed E-state index contributed by atoms with van der Waals surface area (Å²) in [5.74, 6) is -1.00. The Kier molecular flexibility index (Phi) is 2.71. The highest BCUT2D eigenvalue weighted by molar-refractivity contribution is 5.73. The van der Waals surface area contributed by atoms with E-state index in [9.17, 15) is 4.79 Å². The highest BCUT2D eigenvalue weighted by Gasteiger charge is 2.09. The highest BCUT2D eigenvalue weighted by Crippen LogP contribution is 1.85. The molecule has 1 aromatic heterocycles. The van der Waals surface area contributed by atoms with E-state index < -0.39 is 12.0 Å². The molecule has 12 heavy (non-hydrogen) atoms. The van der Waals surface area contributed by atoms with E-state index in [4.69, 9.17) is 10.8 Å². The molecule has 0 aliphatic rings. The third-order valence-corrected chi connectivity index (χ3v) is 1.42. The van der Waals surface area contributed by atoms with Crippen LogP contribution in [0.3, 0.4) is 0 Å². The molecule has 5 heteroatoms. The van der Waals surface area contributed by atoms with Crippen LogP contribution in [0.15, 0.2) is 24.5 Å². The van der Waals surface area contributed by atoms with Crippen LogP contribution in [0.25, 0.3) is 0 Å². The van der Waals surface area contributed by atoms with Gasteiger partial charge >= 0.3 is 5.97 Å². The van der Waals surface area contributed by atoms with Crippen LogP contribution in [-0.2, 0) is 4.79 Å². The fraction of sp³-hybridized carbons (Fsp3) is 0.286. The first-order valence-electron chi connectivity index (χ1n) is 3.55. The number of carboxylic acids is 1. The predicted molar refractivity (Wildman–Crippen MR) is 44.3 cm³/mol. The maximum absolute atomic E-state index is 10.3. The third-order valence-electron chi connectivity index (χ3n) is 1.42. The monoisotopic (exact) mass is 169 g/mol. The Morgan fingerprint density at radius 1 is 1.58 bits per heavy atom. The minimum atomic E-state index is -1.00. The molecule has 1 heterocycles. The van der Waals surface area contributed by atoms with Crippen molar-refractivity contribution < 1.29 is 9.90 Å². The minimum Gasteiger partial charge on any atom is -0.480 e. The van der Waals surface area contributed by atoms with E-state index in [0.29, 0.717) is 0 Å². The zero-order valence-corrected chi connectivity index (χ0v) is 6.47. The van der Waals surface area contributed by atoms with Gasteiger partial charge in [0.15, 0.2) is 0 Å². The Bertz CT molecular complexity index is 245. The second-order valence-electron chi connectivity index (χ2n) is 2.40. The van der Waals surface area contributed by atoms with Gasteiger partial charge in [0.2, 0.25) is 0 Å². The molecule has 0 radical (unpaired) electrons. The normalized spacial score (nSPS) is 12.4. The number of nitrogens with zero attached hydrogens (tertiary/aromatic N) is 1. The molecule has 0 aliphatic heterocycles. The molecule has 5 nitrogen and oxygen atoms in total. The predicted octanol–water partition coefficient (Wildman–Crippen LogP) is -0.557. The number of carbonyl (C=O) groups is 1. The number of hydrogen-bond acceptors (Lipinski definition) is 3. The second-order valence-corrected chi connectivity index (χ2v) is 2.40. The van der Waals surface area contributed by atoms with Gasteiger partial charge in [-0.15, -0.1) is 0 Å². The summed E-state index contributed by atoms with van der Waals surface area (Å²) >= 11 is 0. The van der Waals surface area contributed by atoms with E-state index in [-0.39, 0.29) is 6.54 Å². The summed E-state index contributed by atoms with van der Waals surface area (Å²) in [7, 11) is 0. The number of aliphatic carboxylic acids is 1. The summed E-state index contributed by atoms with van der Waals surface area (Å²) in [6.45, 7) is 0.212. The van der Waals surface area contributed by atoms with Crippen LogP contribution in [0.5, 0.6) is 0 Å². The molecule has 0 fully saturated rings. The summed E-state index contributed by atoms with van der Waals surface area (Å²) in [6.07, 6.45) is 3.54. The lowest BCUT2D eigenvalue weighted by Crippen LogP contribution is -2.39. The number of aromatic nitrogens is 1. The van der Waals surface area contributed by atoms with Crippen LogP contribution in [0.4, 0.5) is 0 Å². The maximum atomic E-state index is 10.3. The Balaban J connectivity index is 2.31. The molecule has 0 spiro atoms. The van der Waals surface area contributed by atoms with Gasteiger partial charge in [0.1, 0.15) is 6.04 Å². The van der Waals surface area contributed by atoms with Crippen LogP contribution >= 0.6 is 0 Å². The van der Waals surface area contributed by atoms with Crippen molar-refractivity contribution in [3.05, 3.63) is 24.5 Å². The zero-order chi connectivity index (χ0) is 8.97. The topological polar surface area (TPSA) is 80.3 Å². The summed E-state index contributed by atoms with van der Waals surface area (Å²) in [5, 5.41) is 8.44. The molecular weight excluding hydrogens is 158 g/mol. The van der Waals surface area contributed by atoms with Crippen molar-refractivity contribution in [2.75, 3.05) is 12.0 Å². The van der Waals surface area contributed by atoms with E-state index in [0.717, 1.165) is 0 Å². The van der Waals surface area contributed by atoms with E-state index in [1.165, 1.54) is 0 Å². The molecule has 0 bridgehead atoms. The molecule has 66 valence electrons. The number of nitrogens with one attached hydrogen (secondary N) is 1. The Morgan fingerprint density at radius 2 is 2.17 bits per heavy atom. The van der Waals surface area contributed by atoms with Crippen molar-refractivity contribution in [2.24, 2.45) is 5.73 Å². The first kappa shape index (κ1) is 8.61. The summed E-state index contributed by atoms with van der Waals surface area (Å²) in [4.78, 5) is 10.3. The molecule has 0 saturated heterocycles. The highest BCUT2D eigenvalue weighted by atomic mass is 16.4. The van der Waals surface area contributed by atoms with Crippen LogP contribution < -0.4 is 11.2 Å².